The third-order valence-corrected chi connectivity index (χ3v) is 3.80. The fourth-order valence-corrected chi connectivity index (χ4v) is 2.59. The van der Waals surface area contributed by atoms with Gasteiger partial charge in [-0.25, -0.2) is 0 Å². The van der Waals surface area contributed by atoms with Gasteiger partial charge in [-0.2, -0.15) is 0 Å². The smallest absolute Gasteiger partial charge is 0.221 e. The zero-order valence-electron chi connectivity index (χ0n) is 13.3. The molecule has 4 heteroatoms. The van der Waals surface area contributed by atoms with Crippen LogP contribution in [0.3, 0.4) is 0 Å². The van der Waals surface area contributed by atoms with Crippen molar-refractivity contribution < 1.29 is 4.79 Å². The Morgan fingerprint density at radius 3 is 2.42 bits per heavy atom. The summed E-state index contributed by atoms with van der Waals surface area (Å²) in [7, 11) is 2.19. The van der Waals surface area contributed by atoms with E-state index in [2.05, 4.69) is 29.5 Å². The first-order valence-electron chi connectivity index (χ1n) is 7.51. The molecule has 0 spiro atoms. The van der Waals surface area contributed by atoms with Gasteiger partial charge < -0.3 is 15.5 Å². The van der Waals surface area contributed by atoms with Crippen molar-refractivity contribution in [3.8, 4) is 0 Å². The maximum atomic E-state index is 11.7. The predicted octanol–water partition coefficient (Wildman–Crippen LogP) is 1.61. The minimum Gasteiger partial charge on any atom is -0.351 e. The highest BCUT2D eigenvalue weighted by atomic mass is 16.1. The van der Waals surface area contributed by atoms with Gasteiger partial charge in [-0.05, 0) is 66.6 Å². The Balaban J connectivity index is 2.16. The zero-order valence-corrected chi connectivity index (χ0v) is 13.3. The Bertz CT molecular complexity index is 278. The summed E-state index contributed by atoms with van der Waals surface area (Å²) >= 11 is 0. The van der Waals surface area contributed by atoms with Crippen molar-refractivity contribution in [2.24, 2.45) is 5.92 Å². The average molecular weight is 269 g/mol. The molecule has 0 aromatic rings. The minimum atomic E-state index is -0.128. The summed E-state index contributed by atoms with van der Waals surface area (Å²) < 4.78 is 0. The lowest BCUT2D eigenvalue weighted by Crippen LogP contribution is -2.44. The Kier molecular flexibility index (Phi) is 6.27. The summed E-state index contributed by atoms with van der Waals surface area (Å²) in [6, 6.07) is 0.510. The molecule has 1 atom stereocenters. The van der Waals surface area contributed by atoms with Crippen LogP contribution >= 0.6 is 0 Å². The molecule has 1 amide bonds. The molecule has 0 saturated carbocycles. The summed E-state index contributed by atoms with van der Waals surface area (Å²) in [6.45, 7) is 11.5. The molecule has 1 aliphatic rings. The van der Waals surface area contributed by atoms with Crippen LogP contribution in [0.25, 0.3) is 0 Å². The topological polar surface area (TPSA) is 44.4 Å². The lowest BCUT2D eigenvalue weighted by Gasteiger charge is -2.33. The number of carbonyl (C=O) groups excluding carboxylic acids is 1. The molecule has 1 saturated heterocycles. The van der Waals surface area contributed by atoms with E-state index in [1.807, 2.05) is 20.8 Å². The highest BCUT2D eigenvalue weighted by Crippen LogP contribution is 2.19. The fourth-order valence-electron chi connectivity index (χ4n) is 2.59. The maximum absolute atomic E-state index is 11.7. The summed E-state index contributed by atoms with van der Waals surface area (Å²) in [5, 5.41) is 6.50. The number of nitrogens with zero attached hydrogens (tertiary/aromatic N) is 1. The number of nitrogens with one attached hydrogen (secondary N) is 2. The highest BCUT2D eigenvalue weighted by molar-refractivity contribution is 5.76. The van der Waals surface area contributed by atoms with E-state index < -0.39 is 0 Å². The van der Waals surface area contributed by atoms with Gasteiger partial charge in [-0.1, -0.05) is 0 Å². The molecule has 1 unspecified atom stereocenters. The van der Waals surface area contributed by atoms with E-state index in [-0.39, 0.29) is 11.4 Å². The molecule has 4 nitrogen and oxygen atoms in total. The van der Waals surface area contributed by atoms with Crippen molar-refractivity contribution in [3.05, 3.63) is 0 Å². The third kappa shape index (κ3) is 6.92. The summed E-state index contributed by atoms with van der Waals surface area (Å²) in [4.78, 5) is 14.1. The second-order valence-electron chi connectivity index (χ2n) is 6.93. The molecule has 1 fully saturated rings. The van der Waals surface area contributed by atoms with Crippen LogP contribution < -0.4 is 10.6 Å². The van der Waals surface area contributed by atoms with Crippen molar-refractivity contribution in [3.63, 3.8) is 0 Å². The Labute approximate surface area is 118 Å². The minimum absolute atomic E-state index is 0.128. The Morgan fingerprint density at radius 2 is 1.89 bits per heavy atom. The van der Waals surface area contributed by atoms with Crippen LogP contribution in [0, 0.1) is 5.92 Å². The number of likely N-dealkylation sites (tertiary alicyclic amines) is 1. The van der Waals surface area contributed by atoms with Crippen LogP contribution in [0.4, 0.5) is 0 Å². The van der Waals surface area contributed by atoms with Crippen molar-refractivity contribution in [2.75, 3.05) is 26.7 Å². The van der Waals surface area contributed by atoms with Gasteiger partial charge in [0, 0.05) is 24.5 Å². The molecule has 1 heterocycles. The van der Waals surface area contributed by atoms with Crippen molar-refractivity contribution in [1.82, 2.24) is 15.5 Å². The van der Waals surface area contributed by atoms with Crippen LogP contribution in [-0.4, -0.2) is 49.1 Å². The third-order valence-electron chi connectivity index (χ3n) is 3.80. The molecule has 0 aromatic carbocycles. The molecule has 0 radical (unpaired) electrons. The number of rotatable bonds is 5. The van der Waals surface area contributed by atoms with Gasteiger partial charge in [0.15, 0.2) is 0 Å². The van der Waals surface area contributed by atoms with Gasteiger partial charge in [0.25, 0.3) is 0 Å². The molecule has 0 aromatic heterocycles. The first kappa shape index (κ1) is 16.4. The fraction of sp³-hybridized carbons (Fsp3) is 0.933. The molecule has 1 aliphatic heterocycles. The second-order valence-corrected chi connectivity index (χ2v) is 6.93. The molecule has 19 heavy (non-hydrogen) atoms. The van der Waals surface area contributed by atoms with Gasteiger partial charge in [0.05, 0.1) is 0 Å². The highest BCUT2D eigenvalue weighted by Gasteiger charge is 2.22. The van der Waals surface area contributed by atoms with E-state index in [1.165, 1.54) is 25.9 Å². The van der Waals surface area contributed by atoms with Crippen LogP contribution in [0.15, 0.2) is 0 Å². The molecule has 2 N–H and O–H groups in total. The predicted molar refractivity (Wildman–Crippen MR) is 80.2 cm³/mol. The number of hydrogen-bond donors (Lipinski definition) is 2. The quantitative estimate of drug-likeness (QED) is 0.797. The normalized spacial score (nSPS) is 20.3. The lowest BCUT2D eigenvalue weighted by atomic mass is 9.90. The number of piperidine rings is 1. The van der Waals surface area contributed by atoms with E-state index in [1.54, 1.807) is 0 Å². The SMILES string of the molecule is CC(NCCC(=O)NC(C)(C)C)C1CCN(C)CC1. The summed E-state index contributed by atoms with van der Waals surface area (Å²) in [6.07, 6.45) is 3.09. The van der Waals surface area contributed by atoms with E-state index in [0.29, 0.717) is 12.5 Å². The zero-order chi connectivity index (χ0) is 14.5. The maximum Gasteiger partial charge on any atom is 0.221 e. The van der Waals surface area contributed by atoms with Crippen LogP contribution in [0.1, 0.15) is 47.0 Å². The number of amides is 1. The van der Waals surface area contributed by atoms with Gasteiger partial charge >= 0.3 is 0 Å². The van der Waals surface area contributed by atoms with Crippen molar-refractivity contribution >= 4 is 5.91 Å². The summed E-state index contributed by atoms with van der Waals surface area (Å²) in [5.41, 5.74) is -0.128. The van der Waals surface area contributed by atoms with Gasteiger partial charge in [-0.15, -0.1) is 0 Å². The molecule has 112 valence electrons. The van der Waals surface area contributed by atoms with E-state index >= 15 is 0 Å². The molecular weight excluding hydrogens is 238 g/mol. The first-order chi connectivity index (χ1) is 8.78. The van der Waals surface area contributed by atoms with Gasteiger partial charge in [0.2, 0.25) is 5.91 Å². The van der Waals surface area contributed by atoms with E-state index in [0.717, 1.165) is 12.5 Å². The van der Waals surface area contributed by atoms with Gasteiger partial charge in [-0.3, -0.25) is 4.79 Å². The standard InChI is InChI=1S/C15H31N3O/c1-12(13-7-10-18(5)11-8-13)16-9-6-14(19)17-15(2,3)4/h12-13,16H,6-11H2,1-5H3,(H,17,19). The van der Waals surface area contributed by atoms with Crippen molar-refractivity contribution in [1.29, 1.82) is 0 Å². The Morgan fingerprint density at radius 1 is 1.32 bits per heavy atom. The van der Waals surface area contributed by atoms with Crippen LogP contribution in [0.2, 0.25) is 0 Å². The van der Waals surface area contributed by atoms with Gasteiger partial charge in [0.1, 0.15) is 0 Å². The largest absolute Gasteiger partial charge is 0.351 e. The molecular formula is C15H31N3O. The van der Waals surface area contributed by atoms with E-state index in [4.69, 9.17) is 0 Å². The average Bonchev–Trinajstić information content (AvgIpc) is 2.27. The molecule has 0 aliphatic carbocycles. The van der Waals surface area contributed by atoms with Crippen LogP contribution in [-0.2, 0) is 4.79 Å². The van der Waals surface area contributed by atoms with Crippen LogP contribution in [0.5, 0.6) is 0 Å². The lowest BCUT2D eigenvalue weighted by molar-refractivity contribution is -0.122. The van der Waals surface area contributed by atoms with Crippen molar-refractivity contribution in [2.45, 2.75) is 58.5 Å². The molecule has 1 rings (SSSR count). The van der Waals surface area contributed by atoms with E-state index in [9.17, 15) is 4.79 Å². The molecule has 0 bridgehead atoms. The second kappa shape index (κ2) is 7.25. The Hall–Kier alpha value is -0.610. The summed E-state index contributed by atoms with van der Waals surface area (Å²) in [5.74, 6) is 0.887. The monoisotopic (exact) mass is 269 g/mol. The first-order valence-corrected chi connectivity index (χ1v) is 7.51. The number of carbonyl (C=O) groups is 1. The number of hydrogen-bond acceptors (Lipinski definition) is 3.